The Morgan fingerprint density at radius 3 is 2.38 bits per heavy atom. The highest BCUT2D eigenvalue weighted by Gasteiger charge is 1.95. The number of hydrogen-bond acceptors (Lipinski definition) is 2. The summed E-state index contributed by atoms with van der Waals surface area (Å²) in [5, 5.41) is 0. The summed E-state index contributed by atoms with van der Waals surface area (Å²) < 4.78 is 0. The van der Waals surface area contributed by atoms with E-state index in [0.717, 1.165) is 19.5 Å². The first-order valence-electron chi connectivity index (χ1n) is 4.90. The number of rotatable bonds is 7. The molecule has 0 aliphatic carbocycles. The molecule has 0 radical (unpaired) electrons. The monoisotopic (exact) mass is 186 g/mol. The Labute approximate surface area is 81.0 Å². The van der Waals surface area contributed by atoms with Gasteiger partial charge in [0.1, 0.15) is 0 Å². The predicted octanol–water partition coefficient (Wildman–Crippen LogP) is 0.382. The molecule has 0 aliphatic heterocycles. The van der Waals surface area contributed by atoms with Gasteiger partial charge in [-0.25, -0.2) is 0 Å². The molecule has 4 nitrogen and oxygen atoms in total. The maximum atomic E-state index is 5.20. The third-order valence-electron chi connectivity index (χ3n) is 1.89. The predicted molar refractivity (Wildman–Crippen MR) is 57.7 cm³/mol. The van der Waals surface area contributed by atoms with Crippen molar-refractivity contribution in [2.75, 3.05) is 26.7 Å². The van der Waals surface area contributed by atoms with E-state index >= 15 is 0 Å². The highest BCUT2D eigenvalue weighted by atomic mass is 15.1. The van der Waals surface area contributed by atoms with Gasteiger partial charge in [0.05, 0.1) is 0 Å². The lowest BCUT2D eigenvalue weighted by atomic mass is 10.3. The number of guanidine groups is 1. The summed E-state index contributed by atoms with van der Waals surface area (Å²) in [5.41, 5.74) is 10.4. The van der Waals surface area contributed by atoms with Gasteiger partial charge in [0, 0.05) is 6.54 Å². The molecule has 0 saturated heterocycles. The van der Waals surface area contributed by atoms with Gasteiger partial charge in [-0.05, 0) is 33.0 Å². The molecule has 0 aromatic carbocycles. The van der Waals surface area contributed by atoms with Crippen LogP contribution < -0.4 is 11.5 Å². The highest BCUT2D eigenvalue weighted by molar-refractivity contribution is 5.75. The van der Waals surface area contributed by atoms with Crippen LogP contribution in [0.2, 0.25) is 0 Å². The number of unbranched alkanes of at least 4 members (excludes halogenated alkanes) is 1. The van der Waals surface area contributed by atoms with Gasteiger partial charge >= 0.3 is 0 Å². The van der Waals surface area contributed by atoms with E-state index in [1.807, 2.05) is 0 Å². The van der Waals surface area contributed by atoms with Crippen molar-refractivity contribution < 1.29 is 0 Å². The first kappa shape index (κ1) is 12.2. The molecule has 0 aromatic rings. The lowest BCUT2D eigenvalue weighted by Crippen LogP contribution is -2.24. The molecule has 0 spiro atoms. The number of nitrogens with zero attached hydrogens (tertiary/aromatic N) is 2. The molecule has 4 N–H and O–H groups in total. The van der Waals surface area contributed by atoms with E-state index in [2.05, 4.69) is 23.9 Å². The molecule has 0 atom stereocenters. The number of hydrogen-bond donors (Lipinski definition) is 2. The van der Waals surface area contributed by atoms with Crippen LogP contribution in [0.25, 0.3) is 0 Å². The van der Waals surface area contributed by atoms with Gasteiger partial charge in [0.25, 0.3) is 0 Å². The van der Waals surface area contributed by atoms with Crippen molar-refractivity contribution in [2.24, 2.45) is 16.5 Å². The van der Waals surface area contributed by atoms with Crippen molar-refractivity contribution in [3.8, 4) is 0 Å². The molecule has 0 rings (SSSR count). The van der Waals surface area contributed by atoms with Gasteiger partial charge in [-0.15, -0.1) is 0 Å². The second-order valence-electron chi connectivity index (χ2n) is 3.32. The van der Waals surface area contributed by atoms with E-state index in [9.17, 15) is 0 Å². The van der Waals surface area contributed by atoms with Crippen molar-refractivity contribution in [3.05, 3.63) is 0 Å². The third kappa shape index (κ3) is 9.14. The Morgan fingerprint density at radius 1 is 1.23 bits per heavy atom. The second-order valence-corrected chi connectivity index (χ2v) is 3.32. The molecule has 0 aliphatic rings. The zero-order valence-corrected chi connectivity index (χ0v) is 8.79. The SMILES string of the molecule is CCCCN(C)CCCN=C(N)N. The van der Waals surface area contributed by atoms with E-state index < -0.39 is 0 Å². The average molecular weight is 186 g/mol. The van der Waals surface area contributed by atoms with Crippen molar-refractivity contribution in [1.29, 1.82) is 0 Å². The fraction of sp³-hybridized carbons (Fsp3) is 0.889. The van der Waals surface area contributed by atoms with Crippen LogP contribution in [-0.2, 0) is 0 Å². The normalized spacial score (nSPS) is 10.4. The van der Waals surface area contributed by atoms with Gasteiger partial charge in [-0.3, -0.25) is 4.99 Å². The first-order chi connectivity index (χ1) is 6.16. The molecule has 13 heavy (non-hydrogen) atoms. The lowest BCUT2D eigenvalue weighted by molar-refractivity contribution is 0.325. The van der Waals surface area contributed by atoms with Crippen molar-refractivity contribution >= 4 is 5.96 Å². The van der Waals surface area contributed by atoms with Crippen LogP contribution >= 0.6 is 0 Å². The Balaban J connectivity index is 3.26. The second kappa shape index (κ2) is 7.86. The van der Waals surface area contributed by atoms with E-state index in [1.165, 1.54) is 19.4 Å². The van der Waals surface area contributed by atoms with Gasteiger partial charge in [-0.2, -0.15) is 0 Å². The summed E-state index contributed by atoms with van der Waals surface area (Å²) in [4.78, 5) is 6.23. The molecule has 0 bridgehead atoms. The van der Waals surface area contributed by atoms with Crippen molar-refractivity contribution in [1.82, 2.24) is 4.90 Å². The van der Waals surface area contributed by atoms with Gasteiger partial charge < -0.3 is 16.4 Å². The van der Waals surface area contributed by atoms with E-state index in [4.69, 9.17) is 11.5 Å². The topological polar surface area (TPSA) is 67.6 Å². The third-order valence-corrected chi connectivity index (χ3v) is 1.89. The van der Waals surface area contributed by atoms with Gasteiger partial charge in [0.15, 0.2) is 5.96 Å². The minimum Gasteiger partial charge on any atom is -0.370 e. The van der Waals surface area contributed by atoms with Crippen molar-refractivity contribution in [3.63, 3.8) is 0 Å². The maximum Gasteiger partial charge on any atom is 0.185 e. The first-order valence-corrected chi connectivity index (χ1v) is 4.90. The number of aliphatic imine (C=N–C) groups is 1. The molecule has 0 unspecified atom stereocenters. The molecule has 0 amide bonds. The van der Waals surface area contributed by atoms with Crippen LogP contribution in [0.4, 0.5) is 0 Å². The molecule has 0 heterocycles. The van der Waals surface area contributed by atoms with E-state index in [1.54, 1.807) is 0 Å². The Hall–Kier alpha value is -0.770. The average Bonchev–Trinajstić information content (AvgIpc) is 2.08. The van der Waals surface area contributed by atoms with Crippen LogP contribution in [-0.4, -0.2) is 37.5 Å². The molecule has 0 saturated carbocycles. The summed E-state index contributed by atoms with van der Waals surface area (Å²) in [6.45, 7) is 5.17. The standard InChI is InChI=1S/C9H22N4/c1-3-4-7-13(2)8-5-6-12-9(10)11/h3-8H2,1-2H3,(H4,10,11,12). The Kier molecular flexibility index (Phi) is 7.39. The van der Waals surface area contributed by atoms with Crippen LogP contribution in [0.5, 0.6) is 0 Å². The van der Waals surface area contributed by atoms with E-state index in [0.29, 0.717) is 0 Å². The quantitative estimate of drug-likeness (QED) is 0.343. The van der Waals surface area contributed by atoms with Crippen LogP contribution in [0.1, 0.15) is 26.2 Å². The maximum absolute atomic E-state index is 5.20. The zero-order chi connectivity index (χ0) is 10.1. The summed E-state index contributed by atoms with van der Waals surface area (Å²) in [5.74, 6) is 0.191. The minimum atomic E-state index is 0.191. The largest absolute Gasteiger partial charge is 0.370 e. The molecule has 0 fully saturated rings. The molecular formula is C9H22N4. The fourth-order valence-electron chi connectivity index (χ4n) is 1.09. The summed E-state index contributed by atoms with van der Waals surface area (Å²) >= 11 is 0. The molecule has 4 heteroatoms. The Morgan fingerprint density at radius 2 is 1.85 bits per heavy atom. The van der Waals surface area contributed by atoms with Crippen molar-refractivity contribution in [2.45, 2.75) is 26.2 Å². The minimum absolute atomic E-state index is 0.191. The van der Waals surface area contributed by atoms with Crippen LogP contribution in [0, 0.1) is 0 Å². The summed E-state index contributed by atoms with van der Waals surface area (Å²) in [7, 11) is 2.13. The number of nitrogens with two attached hydrogens (primary N) is 2. The Bertz CT molecular complexity index is 141. The van der Waals surface area contributed by atoms with Crippen LogP contribution in [0.15, 0.2) is 4.99 Å². The summed E-state index contributed by atoms with van der Waals surface area (Å²) in [6.07, 6.45) is 3.54. The van der Waals surface area contributed by atoms with E-state index in [-0.39, 0.29) is 5.96 Å². The fourth-order valence-corrected chi connectivity index (χ4v) is 1.09. The molecule has 78 valence electrons. The molecular weight excluding hydrogens is 164 g/mol. The van der Waals surface area contributed by atoms with Gasteiger partial charge in [0.2, 0.25) is 0 Å². The zero-order valence-electron chi connectivity index (χ0n) is 8.79. The molecule has 0 aromatic heterocycles. The highest BCUT2D eigenvalue weighted by Crippen LogP contribution is 1.93. The smallest absolute Gasteiger partial charge is 0.185 e. The lowest BCUT2D eigenvalue weighted by Gasteiger charge is -2.14. The van der Waals surface area contributed by atoms with Crippen LogP contribution in [0.3, 0.4) is 0 Å². The van der Waals surface area contributed by atoms with Gasteiger partial charge in [-0.1, -0.05) is 13.3 Å². The summed E-state index contributed by atoms with van der Waals surface area (Å²) in [6, 6.07) is 0.